The molecule has 0 saturated carbocycles. The van der Waals surface area contributed by atoms with Crippen LogP contribution < -0.4 is 5.32 Å². The normalized spacial score (nSPS) is 14.9. The van der Waals surface area contributed by atoms with Gasteiger partial charge in [-0.25, -0.2) is 4.79 Å². The molecule has 0 spiro atoms. The minimum absolute atomic E-state index is 0.0727. The van der Waals surface area contributed by atoms with Crippen LogP contribution >= 0.6 is 0 Å². The maximum Gasteiger partial charge on any atom is 0.331 e. The van der Waals surface area contributed by atoms with Gasteiger partial charge < -0.3 is 24.8 Å². The molecule has 0 aliphatic rings. The number of fused-ring (bicyclic) bond motifs is 1. The number of nitrogens with zero attached hydrogens (tertiary/aromatic N) is 3. The molecule has 2 rings (SSSR count). The Balaban J connectivity index is 2.58. The summed E-state index contributed by atoms with van der Waals surface area (Å²) in [6.07, 6.45) is 3.56. The number of aliphatic carboxylic acids is 1. The lowest BCUT2D eigenvalue weighted by atomic mass is 9.75. The highest BCUT2D eigenvalue weighted by molar-refractivity contribution is 5.95. The van der Waals surface area contributed by atoms with Gasteiger partial charge in [0.1, 0.15) is 12.1 Å². The molecule has 0 saturated heterocycles. The Morgan fingerprint density at radius 1 is 0.976 bits per heavy atom. The Hall–Kier alpha value is -3.62. The summed E-state index contributed by atoms with van der Waals surface area (Å²) >= 11 is 0. The van der Waals surface area contributed by atoms with E-state index >= 15 is 0 Å². The summed E-state index contributed by atoms with van der Waals surface area (Å²) in [5.74, 6) is -2.19. The average molecular weight is 569 g/mol. The molecule has 1 aromatic heterocycles. The number of carboxylic acids is 1. The van der Waals surface area contributed by atoms with Crippen molar-refractivity contribution in [2.45, 2.75) is 85.9 Å². The average Bonchev–Trinajstić information content (AvgIpc) is 3.21. The van der Waals surface area contributed by atoms with E-state index in [1.165, 1.54) is 23.6 Å². The zero-order valence-electron chi connectivity index (χ0n) is 26.7. The van der Waals surface area contributed by atoms with Crippen LogP contribution in [0.2, 0.25) is 0 Å². The fourth-order valence-electron chi connectivity index (χ4n) is 5.47. The smallest absolute Gasteiger partial charge is 0.331 e. The van der Waals surface area contributed by atoms with Crippen LogP contribution in [-0.2, 0) is 31.6 Å². The molecule has 0 unspecified atom stereocenters. The van der Waals surface area contributed by atoms with E-state index in [2.05, 4.69) is 5.32 Å². The van der Waals surface area contributed by atoms with Crippen molar-refractivity contribution in [1.29, 1.82) is 0 Å². The van der Waals surface area contributed by atoms with Gasteiger partial charge in [0.2, 0.25) is 17.7 Å². The van der Waals surface area contributed by atoms with E-state index in [-0.39, 0.29) is 23.3 Å². The third-order valence-corrected chi connectivity index (χ3v) is 8.04. The zero-order chi connectivity index (χ0) is 31.6. The molecule has 2 aromatic rings. The van der Waals surface area contributed by atoms with Crippen molar-refractivity contribution in [2.24, 2.45) is 18.4 Å². The van der Waals surface area contributed by atoms with Gasteiger partial charge in [-0.15, -0.1) is 0 Å². The number of likely N-dealkylation sites (N-methyl/N-ethyl adjacent to an activating group) is 2. The summed E-state index contributed by atoms with van der Waals surface area (Å²) in [5, 5.41) is 13.4. The van der Waals surface area contributed by atoms with E-state index in [0.29, 0.717) is 0 Å². The van der Waals surface area contributed by atoms with Crippen LogP contribution in [0.5, 0.6) is 0 Å². The number of aryl methyl sites for hydroxylation is 1. The third kappa shape index (κ3) is 7.18. The summed E-state index contributed by atoms with van der Waals surface area (Å²) in [5.41, 5.74) is 0.546. The minimum Gasteiger partial charge on any atom is -0.478 e. The largest absolute Gasteiger partial charge is 0.478 e. The number of carbonyl (C=O) groups is 4. The first-order valence-electron chi connectivity index (χ1n) is 14.0. The molecule has 9 nitrogen and oxygen atoms in total. The molecule has 41 heavy (non-hydrogen) atoms. The Morgan fingerprint density at radius 3 is 2.02 bits per heavy atom. The Morgan fingerprint density at radius 2 is 1.54 bits per heavy atom. The Kier molecular flexibility index (Phi) is 10.2. The first-order valence-corrected chi connectivity index (χ1v) is 14.0. The third-order valence-electron chi connectivity index (χ3n) is 8.04. The topological polar surface area (TPSA) is 112 Å². The van der Waals surface area contributed by atoms with E-state index in [9.17, 15) is 24.3 Å². The fourth-order valence-corrected chi connectivity index (χ4v) is 5.47. The summed E-state index contributed by atoms with van der Waals surface area (Å²) in [6, 6.07) is 5.55. The lowest BCUT2D eigenvalue weighted by Gasteiger charge is -2.42. The number of aromatic nitrogens is 1. The van der Waals surface area contributed by atoms with Gasteiger partial charge >= 0.3 is 5.97 Å². The van der Waals surface area contributed by atoms with Crippen molar-refractivity contribution in [1.82, 2.24) is 19.7 Å². The number of carboxylic acid groups (broad SMARTS) is 1. The number of para-hydroxylation sites is 1. The number of hydrogen-bond acceptors (Lipinski definition) is 4. The fraction of sp³-hybridized carbons (Fsp3) is 0.562. The monoisotopic (exact) mass is 568 g/mol. The SMILES string of the molecule is CC(=O)N(C)[C@H](C(=O)N[C@H](C(=O)N(C)[C@H](/C=C(\C)C(=O)O)C(C)C)C(C)(C)C)C(C)(C)c1cn(C)c2ccccc12. The molecule has 0 aliphatic carbocycles. The first kappa shape index (κ1) is 33.6. The first-order chi connectivity index (χ1) is 18.7. The van der Waals surface area contributed by atoms with Crippen LogP contribution in [0.15, 0.2) is 42.1 Å². The van der Waals surface area contributed by atoms with Gasteiger partial charge in [0, 0.05) is 56.2 Å². The van der Waals surface area contributed by atoms with E-state index in [1.807, 2.05) is 90.5 Å². The highest BCUT2D eigenvalue weighted by Gasteiger charge is 2.45. The summed E-state index contributed by atoms with van der Waals surface area (Å²) in [4.78, 5) is 55.4. The van der Waals surface area contributed by atoms with E-state index in [0.717, 1.165) is 16.5 Å². The Labute approximate surface area is 244 Å². The van der Waals surface area contributed by atoms with Crippen molar-refractivity contribution in [2.75, 3.05) is 14.1 Å². The molecule has 9 heteroatoms. The number of rotatable bonds is 10. The predicted molar refractivity (Wildman–Crippen MR) is 162 cm³/mol. The van der Waals surface area contributed by atoms with Crippen molar-refractivity contribution in [3.63, 3.8) is 0 Å². The Bertz CT molecular complexity index is 1330. The summed E-state index contributed by atoms with van der Waals surface area (Å²) in [6.45, 7) is 16.2. The summed E-state index contributed by atoms with van der Waals surface area (Å²) < 4.78 is 2.00. The van der Waals surface area contributed by atoms with Crippen LogP contribution in [0, 0.1) is 11.3 Å². The molecule has 3 atom stereocenters. The zero-order valence-corrected chi connectivity index (χ0v) is 26.7. The quantitative estimate of drug-likeness (QED) is 0.414. The van der Waals surface area contributed by atoms with E-state index < -0.39 is 40.8 Å². The van der Waals surface area contributed by atoms with Gasteiger partial charge in [0.15, 0.2) is 0 Å². The highest BCUT2D eigenvalue weighted by Crippen LogP contribution is 2.37. The highest BCUT2D eigenvalue weighted by atomic mass is 16.4. The molecule has 1 heterocycles. The van der Waals surface area contributed by atoms with Crippen LogP contribution in [0.3, 0.4) is 0 Å². The van der Waals surface area contributed by atoms with Gasteiger partial charge in [-0.3, -0.25) is 14.4 Å². The van der Waals surface area contributed by atoms with E-state index in [1.54, 1.807) is 20.2 Å². The molecule has 226 valence electrons. The van der Waals surface area contributed by atoms with Crippen LogP contribution in [0.4, 0.5) is 0 Å². The van der Waals surface area contributed by atoms with E-state index in [4.69, 9.17) is 0 Å². The maximum absolute atomic E-state index is 14.2. The van der Waals surface area contributed by atoms with Crippen LogP contribution in [0.25, 0.3) is 10.9 Å². The molecule has 0 radical (unpaired) electrons. The second kappa shape index (κ2) is 12.5. The van der Waals surface area contributed by atoms with Crippen LogP contribution in [-0.4, -0.2) is 75.4 Å². The van der Waals surface area contributed by atoms with Crippen molar-refractivity contribution in [3.8, 4) is 0 Å². The van der Waals surface area contributed by atoms with Crippen molar-refractivity contribution in [3.05, 3.63) is 47.7 Å². The standard InChI is InChI=1S/C32H48N4O5/c1-19(2)25(17-20(3)30(40)41)36(12)29(39)26(31(5,6)7)33-28(38)27(35(11)21(4)37)32(8,9)23-18-34(10)24-16-14-13-15-22(23)24/h13-19,25-27H,1-12H3,(H,33,38)(H,40,41)/b20-17+/t25-,26-,27-/m1/s1. The molecular weight excluding hydrogens is 520 g/mol. The molecular formula is C32H48N4O5. The number of carbonyl (C=O) groups excluding carboxylic acids is 3. The number of nitrogens with one attached hydrogen (secondary N) is 1. The van der Waals surface area contributed by atoms with Gasteiger partial charge in [-0.05, 0) is 29.9 Å². The molecule has 0 fully saturated rings. The number of amides is 3. The van der Waals surface area contributed by atoms with Gasteiger partial charge in [0.25, 0.3) is 0 Å². The van der Waals surface area contributed by atoms with Gasteiger partial charge in [-0.2, -0.15) is 0 Å². The molecule has 0 aliphatic heterocycles. The molecule has 1 aromatic carbocycles. The van der Waals surface area contributed by atoms with Gasteiger partial charge in [0.05, 0.1) is 6.04 Å². The number of hydrogen-bond donors (Lipinski definition) is 2. The molecule has 2 N–H and O–H groups in total. The number of benzene rings is 1. The minimum atomic E-state index is -1.05. The van der Waals surface area contributed by atoms with Crippen molar-refractivity contribution >= 4 is 34.6 Å². The summed E-state index contributed by atoms with van der Waals surface area (Å²) in [7, 11) is 5.18. The molecule has 0 bridgehead atoms. The lowest BCUT2D eigenvalue weighted by molar-refractivity contribution is -0.144. The van der Waals surface area contributed by atoms with Crippen LogP contribution in [0.1, 0.15) is 67.9 Å². The predicted octanol–water partition coefficient (Wildman–Crippen LogP) is 4.35. The van der Waals surface area contributed by atoms with Gasteiger partial charge in [-0.1, -0.05) is 72.7 Å². The lowest BCUT2D eigenvalue weighted by Crippen LogP contribution is -2.62. The second-order valence-electron chi connectivity index (χ2n) is 13.1. The molecule has 3 amide bonds. The van der Waals surface area contributed by atoms with Crippen molar-refractivity contribution < 1.29 is 24.3 Å². The second-order valence-corrected chi connectivity index (χ2v) is 13.1. The maximum atomic E-state index is 14.2.